The molecule has 0 radical (unpaired) electrons. The van der Waals surface area contributed by atoms with Gasteiger partial charge in [0.15, 0.2) is 5.96 Å². The molecule has 3 N–H and O–H groups in total. The van der Waals surface area contributed by atoms with Crippen LogP contribution in [0.25, 0.3) is 5.65 Å². The van der Waals surface area contributed by atoms with Gasteiger partial charge in [0, 0.05) is 18.1 Å². The molecular formula is C19H21N5. The molecule has 0 amide bonds. The molecule has 4 rings (SSSR count). The van der Waals surface area contributed by atoms with Crippen molar-refractivity contribution >= 4 is 17.3 Å². The Morgan fingerprint density at radius 1 is 1.25 bits per heavy atom. The van der Waals surface area contributed by atoms with Crippen molar-refractivity contribution in [3.05, 3.63) is 65.1 Å². The van der Waals surface area contributed by atoms with Gasteiger partial charge in [0.05, 0.1) is 12.2 Å². The van der Waals surface area contributed by atoms with Crippen molar-refractivity contribution < 1.29 is 0 Å². The van der Waals surface area contributed by atoms with E-state index in [4.69, 9.17) is 5.73 Å². The summed E-state index contributed by atoms with van der Waals surface area (Å²) in [6, 6.07) is 10.5. The topological polar surface area (TPSA) is 67.7 Å². The summed E-state index contributed by atoms with van der Waals surface area (Å²) < 4.78 is 2.00. The molecule has 0 saturated carbocycles. The van der Waals surface area contributed by atoms with Crippen LogP contribution in [0.1, 0.15) is 28.8 Å². The fourth-order valence-corrected chi connectivity index (χ4v) is 3.22. The molecule has 5 heteroatoms. The van der Waals surface area contributed by atoms with E-state index >= 15 is 0 Å². The minimum atomic E-state index is 0.418. The van der Waals surface area contributed by atoms with Gasteiger partial charge in [-0.25, -0.2) is 9.98 Å². The molecule has 2 aromatic heterocycles. The number of nitrogens with two attached hydrogens (primary N) is 1. The van der Waals surface area contributed by atoms with Crippen molar-refractivity contribution in [3.8, 4) is 0 Å². The number of rotatable bonds is 3. The monoisotopic (exact) mass is 319 g/mol. The maximum Gasteiger partial charge on any atom is 0.193 e. The zero-order valence-electron chi connectivity index (χ0n) is 13.8. The lowest BCUT2D eigenvalue weighted by atomic mass is 10.1. The lowest BCUT2D eigenvalue weighted by Crippen LogP contribution is -2.22. The number of imidazole rings is 1. The first-order valence-corrected chi connectivity index (χ1v) is 8.30. The van der Waals surface area contributed by atoms with Crippen LogP contribution in [0.15, 0.2) is 47.7 Å². The highest BCUT2D eigenvalue weighted by Gasteiger charge is 2.10. The summed E-state index contributed by atoms with van der Waals surface area (Å²) in [4.78, 5) is 8.98. The SMILES string of the molecule is Cc1ccn2cc(CN=C(N)Nc3ccc4c(c3)CCC4)nc2c1. The Hall–Kier alpha value is -2.82. The fraction of sp³-hybridized carbons (Fsp3) is 0.263. The third-order valence-electron chi connectivity index (χ3n) is 4.45. The van der Waals surface area contributed by atoms with E-state index in [-0.39, 0.29) is 0 Å². The molecule has 0 saturated heterocycles. The van der Waals surface area contributed by atoms with E-state index in [0.29, 0.717) is 12.5 Å². The van der Waals surface area contributed by atoms with E-state index in [1.165, 1.54) is 29.5 Å². The Balaban J connectivity index is 1.46. The number of aromatic nitrogens is 2. The number of anilines is 1. The highest BCUT2D eigenvalue weighted by Crippen LogP contribution is 2.24. The van der Waals surface area contributed by atoms with E-state index < -0.39 is 0 Å². The smallest absolute Gasteiger partial charge is 0.193 e. The Morgan fingerprint density at radius 3 is 3.04 bits per heavy atom. The van der Waals surface area contributed by atoms with E-state index in [0.717, 1.165) is 23.4 Å². The number of fused-ring (bicyclic) bond motifs is 2. The molecule has 5 nitrogen and oxygen atoms in total. The van der Waals surface area contributed by atoms with Crippen LogP contribution in [0.3, 0.4) is 0 Å². The zero-order valence-corrected chi connectivity index (χ0v) is 13.8. The fourth-order valence-electron chi connectivity index (χ4n) is 3.22. The van der Waals surface area contributed by atoms with Gasteiger partial charge in [0.25, 0.3) is 0 Å². The van der Waals surface area contributed by atoms with Gasteiger partial charge >= 0.3 is 0 Å². The Bertz CT molecular complexity index is 923. The van der Waals surface area contributed by atoms with Crippen molar-refractivity contribution in [2.45, 2.75) is 32.7 Å². The van der Waals surface area contributed by atoms with Crippen molar-refractivity contribution in [2.75, 3.05) is 5.32 Å². The number of benzene rings is 1. The number of nitrogens with one attached hydrogen (secondary N) is 1. The third-order valence-corrected chi connectivity index (χ3v) is 4.45. The highest BCUT2D eigenvalue weighted by molar-refractivity contribution is 5.92. The largest absolute Gasteiger partial charge is 0.370 e. The lowest BCUT2D eigenvalue weighted by Gasteiger charge is -2.07. The molecule has 122 valence electrons. The van der Waals surface area contributed by atoms with Crippen LogP contribution in [-0.4, -0.2) is 15.3 Å². The molecule has 24 heavy (non-hydrogen) atoms. The van der Waals surface area contributed by atoms with Gasteiger partial charge < -0.3 is 15.5 Å². The van der Waals surface area contributed by atoms with Gasteiger partial charge in [-0.05, 0) is 67.1 Å². The second-order valence-corrected chi connectivity index (χ2v) is 6.37. The second kappa shape index (κ2) is 6.00. The van der Waals surface area contributed by atoms with E-state index in [9.17, 15) is 0 Å². The maximum atomic E-state index is 6.02. The van der Waals surface area contributed by atoms with E-state index in [1.807, 2.05) is 16.8 Å². The predicted octanol–water partition coefficient (Wildman–Crippen LogP) is 3.06. The average molecular weight is 319 g/mol. The average Bonchev–Trinajstić information content (AvgIpc) is 3.18. The summed E-state index contributed by atoms with van der Waals surface area (Å²) in [6.45, 7) is 2.52. The summed E-state index contributed by atoms with van der Waals surface area (Å²) >= 11 is 0. The first-order valence-electron chi connectivity index (χ1n) is 8.30. The summed E-state index contributed by atoms with van der Waals surface area (Å²) in [7, 11) is 0. The number of guanidine groups is 1. The first kappa shape index (κ1) is 14.8. The number of hydrogen-bond acceptors (Lipinski definition) is 2. The standard InChI is InChI=1S/C19H21N5/c1-13-7-8-24-12-17(22-18(24)9-13)11-21-19(20)23-16-6-5-14-3-2-4-15(14)10-16/h5-10,12H,2-4,11H2,1H3,(H3,20,21,23). The minimum Gasteiger partial charge on any atom is -0.370 e. The van der Waals surface area contributed by atoms with Crippen molar-refractivity contribution in [1.29, 1.82) is 0 Å². The lowest BCUT2D eigenvalue weighted by molar-refractivity contribution is 0.912. The summed E-state index contributed by atoms with van der Waals surface area (Å²) in [5, 5.41) is 3.18. The number of aryl methyl sites for hydroxylation is 3. The Morgan fingerprint density at radius 2 is 2.12 bits per heavy atom. The van der Waals surface area contributed by atoms with Gasteiger partial charge in [0.1, 0.15) is 5.65 Å². The van der Waals surface area contributed by atoms with Gasteiger partial charge in [-0.1, -0.05) is 6.07 Å². The van der Waals surface area contributed by atoms with Crippen LogP contribution < -0.4 is 11.1 Å². The number of pyridine rings is 1. The van der Waals surface area contributed by atoms with Crippen LogP contribution >= 0.6 is 0 Å². The third kappa shape index (κ3) is 2.97. The van der Waals surface area contributed by atoms with Crippen molar-refractivity contribution in [3.63, 3.8) is 0 Å². The molecule has 0 aliphatic heterocycles. The van der Waals surface area contributed by atoms with Crippen LogP contribution in [-0.2, 0) is 19.4 Å². The quantitative estimate of drug-likeness (QED) is 0.576. The summed E-state index contributed by atoms with van der Waals surface area (Å²) in [5.74, 6) is 0.418. The van der Waals surface area contributed by atoms with Crippen LogP contribution in [0.4, 0.5) is 5.69 Å². The molecule has 1 aliphatic rings. The van der Waals surface area contributed by atoms with E-state index in [2.05, 4.69) is 52.5 Å². The second-order valence-electron chi connectivity index (χ2n) is 6.37. The Kier molecular flexibility index (Phi) is 3.69. The number of aliphatic imine (C=N–C) groups is 1. The van der Waals surface area contributed by atoms with Gasteiger partial charge in [-0.3, -0.25) is 0 Å². The zero-order chi connectivity index (χ0) is 16.5. The molecule has 1 aliphatic carbocycles. The molecule has 1 aromatic carbocycles. The number of nitrogens with zero attached hydrogens (tertiary/aromatic N) is 3. The maximum absolute atomic E-state index is 6.02. The van der Waals surface area contributed by atoms with E-state index in [1.54, 1.807) is 0 Å². The minimum absolute atomic E-state index is 0.418. The van der Waals surface area contributed by atoms with Gasteiger partial charge in [-0.15, -0.1) is 0 Å². The van der Waals surface area contributed by atoms with Crippen LogP contribution in [0.2, 0.25) is 0 Å². The molecule has 3 aromatic rings. The van der Waals surface area contributed by atoms with Crippen molar-refractivity contribution in [1.82, 2.24) is 9.38 Å². The molecule has 0 bridgehead atoms. The molecule has 0 spiro atoms. The summed E-state index contributed by atoms with van der Waals surface area (Å²) in [5.41, 5.74) is 12.9. The molecule has 0 unspecified atom stereocenters. The number of hydrogen-bond donors (Lipinski definition) is 2. The normalized spacial score (nSPS) is 14.1. The molecular weight excluding hydrogens is 298 g/mol. The van der Waals surface area contributed by atoms with Gasteiger partial charge in [0.2, 0.25) is 0 Å². The molecule has 2 heterocycles. The van der Waals surface area contributed by atoms with Gasteiger partial charge in [-0.2, -0.15) is 0 Å². The summed E-state index contributed by atoms with van der Waals surface area (Å²) in [6.07, 6.45) is 7.59. The highest BCUT2D eigenvalue weighted by atomic mass is 15.1. The molecule has 0 fully saturated rings. The molecule has 0 atom stereocenters. The predicted molar refractivity (Wildman–Crippen MR) is 97.3 cm³/mol. The van der Waals surface area contributed by atoms with Crippen LogP contribution in [0, 0.1) is 6.92 Å². The first-order chi connectivity index (χ1) is 11.7. The van der Waals surface area contributed by atoms with Crippen LogP contribution in [0.5, 0.6) is 0 Å². The van der Waals surface area contributed by atoms with Crippen molar-refractivity contribution in [2.24, 2.45) is 10.7 Å². The Labute approximate surface area is 141 Å².